The van der Waals surface area contributed by atoms with Gasteiger partial charge >= 0.3 is 5.97 Å². The second kappa shape index (κ2) is 9.80. The lowest BCUT2D eigenvalue weighted by atomic mass is 10.1. The van der Waals surface area contributed by atoms with Crippen LogP contribution in [-0.2, 0) is 11.3 Å². The molecular formula is C25H22N2O6S. The fourth-order valence-corrected chi connectivity index (χ4v) is 4.48. The third kappa shape index (κ3) is 4.79. The van der Waals surface area contributed by atoms with Crippen LogP contribution in [0, 0.1) is 6.92 Å². The Morgan fingerprint density at radius 3 is 2.56 bits per heavy atom. The summed E-state index contributed by atoms with van der Waals surface area (Å²) in [5.41, 5.74) is 5.86. The maximum atomic E-state index is 12.8. The fourth-order valence-electron chi connectivity index (χ4n) is 3.44. The molecule has 0 fully saturated rings. The first-order valence-corrected chi connectivity index (χ1v) is 11.3. The van der Waals surface area contributed by atoms with E-state index in [-0.39, 0.29) is 34.4 Å². The van der Waals surface area contributed by atoms with Crippen molar-refractivity contribution in [1.29, 1.82) is 0 Å². The molecule has 0 spiro atoms. The van der Waals surface area contributed by atoms with E-state index in [1.54, 1.807) is 19.9 Å². The van der Waals surface area contributed by atoms with Gasteiger partial charge in [0.1, 0.15) is 23.1 Å². The molecule has 2 heterocycles. The number of nitrogens with one attached hydrogen (secondary N) is 1. The van der Waals surface area contributed by atoms with Crippen molar-refractivity contribution in [3.05, 3.63) is 82.1 Å². The predicted molar refractivity (Wildman–Crippen MR) is 128 cm³/mol. The Hall–Kier alpha value is -4.11. The van der Waals surface area contributed by atoms with Gasteiger partial charge in [0.25, 0.3) is 11.8 Å². The van der Waals surface area contributed by atoms with Gasteiger partial charge in [-0.05, 0) is 54.4 Å². The predicted octanol–water partition coefficient (Wildman–Crippen LogP) is 4.91. The number of thiophene rings is 1. The third-order valence-corrected chi connectivity index (χ3v) is 6.29. The van der Waals surface area contributed by atoms with Gasteiger partial charge in [-0.3, -0.25) is 9.59 Å². The molecule has 8 nitrogen and oxygen atoms in total. The van der Waals surface area contributed by atoms with E-state index in [9.17, 15) is 14.4 Å². The first kappa shape index (κ1) is 23.1. The Morgan fingerprint density at radius 1 is 1.06 bits per heavy atom. The normalized spacial score (nSPS) is 10.8. The number of nitrogens with two attached hydrogens (primary N) is 1. The van der Waals surface area contributed by atoms with Crippen LogP contribution in [0.4, 0.5) is 5.00 Å². The van der Waals surface area contributed by atoms with Crippen LogP contribution < -0.4 is 15.8 Å². The minimum Gasteiger partial charge on any atom is -0.486 e. The summed E-state index contributed by atoms with van der Waals surface area (Å²) in [6.45, 7) is 3.51. The molecule has 0 bridgehead atoms. The van der Waals surface area contributed by atoms with E-state index in [1.165, 1.54) is 6.07 Å². The monoisotopic (exact) mass is 478 g/mol. The molecule has 4 rings (SSSR count). The maximum absolute atomic E-state index is 12.8. The van der Waals surface area contributed by atoms with Gasteiger partial charge in [0, 0.05) is 0 Å². The molecule has 174 valence electrons. The zero-order chi connectivity index (χ0) is 24.2. The van der Waals surface area contributed by atoms with E-state index >= 15 is 0 Å². The smallest absolute Gasteiger partial charge is 0.341 e. The summed E-state index contributed by atoms with van der Waals surface area (Å²) in [7, 11) is 0. The average Bonchev–Trinajstić information content (AvgIpc) is 3.42. The Labute approximate surface area is 199 Å². The quantitative estimate of drug-likeness (QED) is 0.347. The second-order valence-electron chi connectivity index (χ2n) is 7.36. The topological polar surface area (TPSA) is 121 Å². The molecule has 2 amide bonds. The summed E-state index contributed by atoms with van der Waals surface area (Å²) in [4.78, 5) is 37.0. The molecule has 0 aliphatic carbocycles. The summed E-state index contributed by atoms with van der Waals surface area (Å²) < 4.78 is 16.5. The van der Waals surface area contributed by atoms with Gasteiger partial charge < -0.3 is 24.9 Å². The SMILES string of the molecule is CCOC(=O)c1c(NC(=O)c2ccc(COc3ccc4ccccc4c3)o2)sc(C(N)=O)c1C. The van der Waals surface area contributed by atoms with Crippen LogP contribution in [0.5, 0.6) is 5.75 Å². The van der Waals surface area contributed by atoms with Crippen LogP contribution in [0.15, 0.2) is 59.0 Å². The molecule has 34 heavy (non-hydrogen) atoms. The van der Waals surface area contributed by atoms with Crippen molar-refractivity contribution < 1.29 is 28.3 Å². The van der Waals surface area contributed by atoms with Crippen LogP contribution in [0.25, 0.3) is 10.8 Å². The largest absolute Gasteiger partial charge is 0.486 e. The van der Waals surface area contributed by atoms with Crippen molar-refractivity contribution in [2.75, 3.05) is 11.9 Å². The van der Waals surface area contributed by atoms with E-state index in [2.05, 4.69) is 5.32 Å². The van der Waals surface area contributed by atoms with E-state index in [0.29, 0.717) is 17.1 Å². The number of benzene rings is 2. The summed E-state index contributed by atoms with van der Waals surface area (Å²) >= 11 is 0.913. The molecule has 3 N–H and O–H groups in total. The standard InChI is InChI=1S/C25H22N2O6S/c1-3-31-25(30)20-14(2)21(22(26)28)34-24(20)27-23(29)19-11-10-18(33-19)13-32-17-9-8-15-6-4-5-7-16(15)12-17/h4-12H,3,13H2,1-2H3,(H2,26,28)(H,27,29). The fraction of sp³-hybridized carbons (Fsp3) is 0.160. The number of fused-ring (bicyclic) bond motifs is 1. The number of furan rings is 1. The molecular weight excluding hydrogens is 456 g/mol. The first-order valence-electron chi connectivity index (χ1n) is 10.5. The van der Waals surface area contributed by atoms with Crippen molar-refractivity contribution in [1.82, 2.24) is 0 Å². The second-order valence-corrected chi connectivity index (χ2v) is 8.38. The highest BCUT2D eigenvalue weighted by atomic mass is 32.1. The lowest BCUT2D eigenvalue weighted by molar-refractivity contribution is 0.0527. The van der Waals surface area contributed by atoms with Gasteiger partial charge in [0.05, 0.1) is 17.0 Å². The zero-order valence-corrected chi connectivity index (χ0v) is 19.4. The van der Waals surface area contributed by atoms with Crippen LogP contribution >= 0.6 is 11.3 Å². The lowest BCUT2D eigenvalue weighted by Gasteiger charge is -2.07. The number of amides is 2. The molecule has 0 saturated heterocycles. The van der Waals surface area contributed by atoms with E-state index in [4.69, 9.17) is 19.6 Å². The van der Waals surface area contributed by atoms with Crippen molar-refractivity contribution in [3.8, 4) is 5.75 Å². The van der Waals surface area contributed by atoms with E-state index < -0.39 is 17.8 Å². The Balaban J connectivity index is 1.47. The number of carbonyl (C=O) groups is 3. The summed E-state index contributed by atoms with van der Waals surface area (Å²) in [6.07, 6.45) is 0. The zero-order valence-electron chi connectivity index (χ0n) is 18.5. The molecule has 9 heteroatoms. The highest BCUT2D eigenvalue weighted by Gasteiger charge is 2.26. The number of esters is 1. The van der Waals surface area contributed by atoms with Crippen LogP contribution in [0.3, 0.4) is 0 Å². The van der Waals surface area contributed by atoms with Gasteiger partial charge in [-0.1, -0.05) is 30.3 Å². The lowest BCUT2D eigenvalue weighted by Crippen LogP contribution is -2.14. The summed E-state index contributed by atoms with van der Waals surface area (Å²) in [5.74, 6) is -0.779. The van der Waals surface area contributed by atoms with Crippen molar-refractivity contribution in [2.45, 2.75) is 20.5 Å². The van der Waals surface area contributed by atoms with Gasteiger partial charge in [0.15, 0.2) is 5.76 Å². The van der Waals surface area contributed by atoms with Gasteiger partial charge in [-0.25, -0.2) is 4.79 Å². The average molecular weight is 479 g/mol. The number of carbonyl (C=O) groups excluding carboxylic acids is 3. The maximum Gasteiger partial charge on any atom is 0.341 e. The van der Waals surface area contributed by atoms with Gasteiger partial charge in [-0.2, -0.15) is 0 Å². The molecule has 0 unspecified atom stereocenters. The molecule has 0 atom stereocenters. The number of hydrogen-bond donors (Lipinski definition) is 2. The molecule has 2 aromatic carbocycles. The third-order valence-electron chi connectivity index (χ3n) is 5.06. The molecule has 0 saturated carbocycles. The van der Waals surface area contributed by atoms with Crippen LogP contribution in [-0.4, -0.2) is 24.4 Å². The first-order chi connectivity index (χ1) is 16.4. The minimum absolute atomic E-state index is 0.0265. The van der Waals surface area contributed by atoms with Gasteiger partial charge in [-0.15, -0.1) is 11.3 Å². The van der Waals surface area contributed by atoms with Gasteiger partial charge in [0.2, 0.25) is 0 Å². The summed E-state index contributed by atoms with van der Waals surface area (Å²) in [5, 5.41) is 4.96. The number of ether oxygens (including phenoxy) is 2. The van der Waals surface area contributed by atoms with Crippen LogP contribution in [0.1, 0.15) is 48.8 Å². The highest BCUT2D eigenvalue weighted by molar-refractivity contribution is 7.18. The van der Waals surface area contributed by atoms with Crippen LogP contribution in [0.2, 0.25) is 0 Å². The number of anilines is 1. The number of hydrogen-bond acceptors (Lipinski definition) is 7. The number of rotatable bonds is 8. The highest BCUT2D eigenvalue weighted by Crippen LogP contribution is 2.34. The molecule has 0 radical (unpaired) electrons. The van der Waals surface area contributed by atoms with Crippen molar-refractivity contribution in [3.63, 3.8) is 0 Å². The minimum atomic E-state index is -0.695. The molecule has 0 aliphatic rings. The Bertz CT molecular complexity index is 1390. The summed E-state index contributed by atoms with van der Waals surface area (Å²) in [6, 6.07) is 16.9. The van der Waals surface area contributed by atoms with Crippen molar-refractivity contribution in [2.24, 2.45) is 5.73 Å². The van der Waals surface area contributed by atoms with Crippen molar-refractivity contribution >= 4 is 44.9 Å². The van der Waals surface area contributed by atoms with E-state index in [1.807, 2.05) is 42.5 Å². The number of primary amides is 1. The molecule has 2 aromatic heterocycles. The Kier molecular flexibility index (Phi) is 6.65. The molecule has 4 aromatic rings. The van der Waals surface area contributed by atoms with E-state index in [0.717, 1.165) is 22.1 Å². The Morgan fingerprint density at radius 2 is 1.82 bits per heavy atom. The molecule has 0 aliphatic heterocycles.